The van der Waals surface area contributed by atoms with Crippen molar-refractivity contribution in [2.45, 2.75) is 6.42 Å². The van der Waals surface area contributed by atoms with Crippen molar-refractivity contribution in [2.24, 2.45) is 15.6 Å². The van der Waals surface area contributed by atoms with Crippen LogP contribution in [0.1, 0.15) is 6.42 Å². The van der Waals surface area contributed by atoms with Crippen molar-refractivity contribution in [3.63, 3.8) is 0 Å². The Labute approximate surface area is 106 Å². The van der Waals surface area contributed by atoms with Gasteiger partial charge in [0.1, 0.15) is 0 Å². The van der Waals surface area contributed by atoms with Crippen LogP contribution in [0.4, 0.5) is 5.69 Å². The van der Waals surface area contributed by atoms with E-state index in [2.05, 4.69) is 10.2 Å². The second-order valence-electron chi connectivity index (χ2n) is 4.38. The Morgan fingerprint density at radius 1 is 1.06 bits per heavy atom. The maximum Gasteiger partial charge on any atom is 0.0857 e. The molecule has 1 aromatic rings. The molecule has 1 aromatic carbocycles. The molecule has 1 aliphatic carbocycles. The molecular weight excluding hydrogens is 228 g/mol. The van der Waals surface area contributed by atoms with Crippen LogP contribution in [0.15, 0.2) is 64.5 Å². The van der Waals surface area contributed by atoms with Gasteiger partial charge in [-0.05, 0) is 24.6 Å². The van der Waals surface area contributed by atoms with Crippen LogP contribution < -0.4 is 0 Å². The summed E-state index contributed by atoms with van der Waals surface area (Å²) in [6.45, 7) is -0.140. The molecule has 2 N–H and O–H groups in total. The summed E-state index contributed by atoms with van der Waals surface area (Å²) in [5.74, 6) is 0. The minimum absolute atomic E-state index is 0.0698. The lowest BCUT2D eigenvalue weighted by Gasteiger charge is -2.26. The number of azo groups is 1. The topological polar surface area (TPSA) is 65.2 Å². The van der Waals surface area contributed by atoms with E-state index < -0.39 is 5.41 Å². The van der Waals surface area contributed by atoms with Crippen molar-refractivity contribution in [2.75, 3.05) is 13.2 Å². The average molecular weight is 244 g/mol. The summed E-state index contributed by atoms with van der Waals surface area (Å²) in [5, 5.41) is 26.7. The van der Waals surface area contributed by atoms with E-state index >= 15 is 0 Å². The minimum atomic E-state index is -0.550. The molecule has 0 bridgehead atoms. The van der Waals surface area contributed by atoms with Crippen LogP contribution in [-0.4, -0.2) is 23.4 Å². The second kappa shape index (κ2) is 5.71. The van der Waals surface area contributed by atoms with Gasteiger partial charge >= 0.3 is 0 Å². The SMILES string of the molecule is OCC1(CO)C=CC(N=Nc2ccccc2)=CC1. The lowest BCUT2D eigenvalue weighted by molar-refractivity contribution is 0.0946. The second-order valence-corrected chi connectivity index (χ2v) is 4.38. The number of benzene rings is 1. The van der Waals surface area contributed by atoms with Crippen molar-refractivity contribution in [3.05, 3.63) is 54.3 Å². The fourth-order valence-corrected chi connectivity index (χ4v) is 1.67. The third kappa shape index (κ3) is 2.91. The van der Waals surface area contributed by atoms with Gasteiger partial charge in [-0.25, -0.2) is 0 Å². The number of rotatable bonds is 4. The molecule has 0 atom stereocenters. The van der Waals surface area contributed by atoms with Crippen molar-refractivity contribution < 1.29 is 10.2 Å². The summed E-state index contributed by atoms with van der Waals surface area (Å²) >= 11 is 0. The summed E-state index contributed by atoms with van der Waals surface area (Å²) in [7, 11) is 0. The molecule has 0 spiro atoms. The molecule has 0 saturated carbocycles. The van der Waals surface area contributed by atoms with Crippen molar-refractivity contribution >= 4 is 5.69 Å². The average Bonchev–Trinajstić information content (AvgIpc) is 2.47. The first-order valence-electron chi connectivity index (χ1n) is 5.86. The zero-order chi connectivity index (χ0) is 12.8. The number of aliphatic hydroxyl groups excluding tert-OH is 2. The molecule has 4 heteroatoms. The Bertz CT molecular complexity index is 474. The molecule has 0 unspecified atom stereocenters. The quantitative estimate of drug-likeness (QED) is 0.799. The van der Waals surface area contributed by atoms with Crippen molar-refractivity contribution in [3.8, 4) is 0 Å². The molecule has 4 nitrogen and oxygen atoms in total. The van der Waals surface area contributed by atoms with Gasteiger partial charge in [-0.15, -0.1) is 0 Å². The Balaban J connectivity index is 2.04. The van der Waals surface area contributed by atoms with Crippen molar-refractivity contribution in [1.82, 2.24) is 0 Å². The highest BCUT2D eigenvalue weighted by Gasteiger charge is 2.26. The third-order valence-corrected chi connectivity index (χ3v) is 2.99. The van der Waals surface area contributed by atoms with Crippen LogP contribution in [-0.2, 0) is 0 Å². The number of hydrogen-bond donors (Lipinski definition) is 2. The first-order valence-corrected chi connectivity index (χ1v) is 5.86. The Morgan fingerprint density at radius 2 is 1.78 bits per heavy atom. The first-order chi connectivity index (χ1) is 8.78. The zero-order valence-electron chi connectivity index (χ0n) is 10.0. The van der Waals surface area contributed by atoms with Gasteiger partial charge < -0.3 is 10.2 Å². The maximum absolute atomic E-state index is 9.24. The van der Waals surface area contributed by atoms with Gasteiger partial charge in [0, 0.05) is 5.41 Å². The summed E-state index contributed by atoms with van der Waals surface area (Å²) in [6.07, 6.45) is 6.02. The van der Waals surface area contributed by atoms with Crippen molar-refractivity contribution in [1.29, 1.82) is 0 Å². The highest BCUT2D eigenvalue weighted by molar-refractivity contribution is 5.35. The molecule has 0 aliphatic heterocycles. The summed E-state index contributed by atoms with van der Waals surface area (Å²) in [6, 6.07) is 9.49. The van der Waals surface area contributed by atoms with E-state index in [4.69, 9.17) is 0 Å². The molecule has 1 aliphatic rings. The number of hydrogen-bond acceptors (Lipinski definition) is 4. The van der Waals surface area contributed by atoms with Crippen LogP contribution >= 0.6 is 0 Å². The Hall–Kier alpha value is -1.78. The Kier molecular flexibility index (Phi) is 4.02. The molecule has 2 rings (SSSR count). The monoisotopic (exact) mass is 244 g/mol. The standard InChI is InChI=1S/C14H16N2O2/c17-10-14(11-18)8-6-13(7-9-14)16-15-12-4-2-1-3-5-12/h1-8,17-18H,9-11H2. The van der Waals surface area contributed by atoms with E-state index in [1.54, 1.807) is 12.2 Å². The Morgan fingerprint density at radius 3 is 2.33 bits per heavy atom. The summed E-state index contributed by atoms with van der Waals surface area (Å²) in [5.41, 5.74) is 0.996. The van der Waals surface area contributed by atoms with Crippen LogP contribution in [0.25, 0.3) is 0 Å². The smallest absolute Gasteiger partial charge is 0.0857 e. The maximum atomic E-state index is 9.24. The van der Waals surface area contributed by atoms with Crippen LogP contribution in [0.3, 0.4) is 0 Å². The van der Waals surface area contributed by atoms with E-state index in [9.17, 15) is 10.2 Å². The van der Waals surface area contributed by atoms with E-state index in [0.717, 1.165) is 11.4 Å². The van der Waals surface area contributed by atoms with Gasteiger partial charge in [0.2, 0.25) is 0 Å². The van der Waals surface area contributed by atoms with Gasteiger partial charge in [-0.3, -0.25) is 0 Å². The highest BCUT2D eigenvalue weighted by Crippen LogP contribution is 2.29. The van der Waals surface area contributed by atoms with Gasteiger partial charge in [0.05, 0.1) is 24.6 Å². The van der Waals surface area contributed by atoms with E-state index in [1.165, 1.54) is 0 Å². The molecule has 0 heterocycles. The van der Waals surface area contributed by atoms with E-state index in [0.29, 0.717) is 6.42 Å². The van der Waals surface area contributed by atoms with Gasteiger partial charge in [-0.2, -0.15) is 10.2 Å². The fraction of sp³-hybridized carbons (Fsp3) is 0.286. The normalized spacial score (nSPS) is 18.0. The minimum Gasteiger partial charge on any atom is -0.395 e. The molecular formula is C14H16N2O2. The highest BCUT2D eigenvalue weighted by atomic mass is 16.3. The van der Waals surface area contributed by atoms with E-state index in [-0.39, 0.29) is 13.2 Å². The summed E-state index contributed by atoms with van der Waals surface area (Å²) < 4.78 is 0. The van der Waals surface area contributed by atoms with Crippen LogP contribution in [0.5, 0.6) is 0 Å². The first kappa shape index (κ1) is 12.7. The lowest BCUT2D eigenvalue weighted by atomic mass is 9.83. The molecule has 18 heavy (non-hydrogen) atoms. The third-order valence-electron chi connectivity index (χ3n) is 2.99. The van der Waals surface area contributed by atoms with E-state index in [1.807, 2.05) is 36.4 Å². The molecule has 0 aromatic heterocycles. The summed E-state index contributed by atoms with van der Waals surface area (Å²) in [4.78, 5) is 0. The molecule has 0 radical (unpaired) electrons. The van der Waals surface area contributed by atoms with Gasteiger partial charge in [-0.1, -0.05) is 30.4 Å². The number of aliphatic hydroxyl groups is 2. The van der Waals surface area contributed by atoms with Crippen LogP contribution in [0.2, 0.25) is 0 Å². The predicted octanol–water partition coefficient (Wildman–Crippen LogP) is 2.59. The van der Waals surface area contributed by atoms with Gasteiger partial charge in [0.15, 0.2) is 0 Å². The zero-order valence-corrected chi connectivity index (χ0v) is 10.0. The molecule has 0 amide bonds. The number of allylic oxidation sites excluding steroid dienone is 2. The van der Waals surface area contributed by atoms with Gasteiger partial charge in [0.25, 0.3) is 0 Å². The predicted molar refractivity (Wildman–Crippen MR) is 69.4 cm³/mol. The molecule has 0 saturated heterocycles. The molecule has 94 valence electrons. The van der Waals surface area contributed by atoms with Crippen LogP contribution in [0, 0.1) is 5.41 Å². The molecule has 0 fully saturated rings. The number of nitrogens with zero attached hydrogens (tertiary/aromatic N) is 2. The fourth-order valence-electron chi connectivity index (χ4n) is 1.67. The largest absolute Gasteiger partial charge is 0.395 e. The lowest BCUT2D eigenvalue weighted by Crippen LogP contribution is -2.28.